The fraction of sp³-hybridized carbons (Fsp3) is 0.238. The lowest BCUT2D eigenvalue weighted by molar-refractivity contribution is -0.387. The van der Waals surface area contributed by atoms with Crippen LogP contribution >= 0.6 is 15.9 Å². The first-order valence-electron chi connectivity index (χ1n) is 17.6. The SMILES string of the molecule is COc1ccc(C(OCC2[C@H](c3ccc(Br)cc3)[C@@H]3CN(S(=O)(=O)c4ccccc4[N+](=O)[O-])C/C=C\CN23)(c2ccccc2)c2ccc(OC)cc2)cc1. The molecule has 0 aromatic heterocycles. The van der Waals surface area contributed by atoms with E-state index in [1.54, 1.807) is 14.2 Å². The molecular weight excluding hydrogens is 770 g/mol. The van der Waals surface area contributed by atoms with Gasteiger partial charge in [0.2, 0.25) is 10.0 Å². The molecule has 278 valence electrons. The Kier molecular flexibility index (Phi) is 11.0. The normalized spacial score (nSPS) is 19.8. The van der Waals surface area contributed by atoms with Gasteiger partial charge < -0.3 is 14.2 Å². The van der Waals surface area contributed by atoms with E-state index in [-0.39, 0.29) is 42.6 Å². The molecule has 2 aliphatic heterocycles. The molecule has 2 aliphatic rings. The topological polar surface area (TPSA) is 111 Å². The second-order valence-electron chi connectivity index (χ2n) is 13.2. The molecule has 7 rings (SSSR count). The van der Waals surface area contributed by atoms with Gasteiger partial charge >= 0.3 is 0 Å². The molecule has 12 heteroatoms. The third kappa shape index (κ3) is 7.07. The first-order valence-corrected chi connectivity index (χ1v) is 19.8. The van der Waals surface area contributed by atoms with Gasteiger partial charge in [0.05, 0.1) is 25.7 Å². The average molecular weight is 811 g/mol. The summed E-state index contributed by atoms with van der Waals surface area (Å²) in [5.41, 5.74) is 2.30. The lowest BCUT2D eigenvalue weighted by Crippen LogP contribution is -2.68. The average Bonchev–Trinajstić information content (AvgIpc) is 3.19. The minimum atomic E-state index is -4.23. The van der Waals surface area contributed by atoms with E-state index in [1.165, 1.54) is 28.6 Å². The Morgan fingerprint density at radius 3 is 1.91 bits per heavy atom. The Labute approximate surface area is 323 Å². The second kappa shape index (κ2) is 15.9. The Balaban J connectivity index is 1.30. The number of halogens is 1. The van der Waals surface area contributed by atoms with Crippen LogP contribution in [0.25, 0.3) is 0 Å². The lowest BCUT2D eigenvalue weighted by atomic mass is 9.74. The Morgan fingerprint density at radius 1 is 0.759 bits per heavy atom. The largest absolute Gasteiger partial charge is 0.497 e. The number of hydrogen-bond acceptors (Lipinski definition) is 8. The molecule has 1 saturated heterocycles. The number of hydrogen-bond donors (Lipinski definition) is 0. The molecule has 0 bridgehead atoms. The maximum atomic E-state index is 14.2. The van der Waals surface area contributed by atoms with Crippen molar-refractivity contribution < 1.29 is 27.6 Å². The Bertz CT molecular complexity index is 2170. The Hall–Kier alpha value is -4.85. The van der Waals surface area contributed by atoms with E-state index in [1.807, 2.05) is 91.0 Å². The highest BCUT2D eigenvalue weighted by molar-refractivity contribution is 9.10. The van der Waals surface area contributed by atoms with Crippen molar-refractivity contribution in [2.75, 3.05) is 40.5 Å². The highest BCUT2D eigenvalue weighted by Crippen LogP contribution is 2.47. The van der Waals surface area contributed by atoms with Crippen LogP contribution in [0.3, 0.4) is 0 Å². The standard InChI is InChI=1S/C42H40BrN3O7S/c1-51-35-22-16-32(17-23-35)42(31-10-4-3-5-11-31,33-18-24-36(52-2)25-19-33)53-29-39-41(30-14-20-34(43)21-15-30)38-28-44(26-8-9-27-45(38)39)54(49,50)40-13-7-6-12-37(40)46(47)48/h3-25,38-39,41H,26-29H2,1-2H3/b9-8-/t38-,39?,41+/m0/s1. The maximum Gasteiger partial charge on any atom is 0.289 e. The minimum Gasteiger partial charge on any atom is -0.497 e. The zero-order valence-corrected chi connectivity index (χ0v) is 32.2. The summed E-state index contributed by atoms with van der Waals surface area (Å²) in [6.07, 6.45) is 3.78. The van der Waals surface area contributed by atoms with Gasteiger partial charge in [0, 0.05) is 48.2 Å². The van der Waals surface area contributed by atoms with Crippen LogP contribution in [0, 0.1) is 10.1 Å². The van der Waals surface area contributed by atoms with Crippen molar-refractivity contribution >= 4 is 31.6 Å². The number of benzene rings is 5. The first-order chi connectivity index (χ1) is 26.2. The monoisotopic (exact) mass is 809 g/mol. The molecule has 0 spiro atoms. The van der Waals surface area contributed by atoms with Crippen molar-refractivity contribution in [3.8, 4) is 11.5 Å². The van der Waals surface area contributed by atoms with Crippen LogP contribution in [0.4, 0.5) is 5.69 Å². The molecule has 5 aromatic rings. The summed E-state index contributed by atoms with van der Waals surface area (Å²) < 4.78 is 49.0. The van der Waals surface area contributed by atoms with E-state index in [9.17, 15) is 18.5 Å². The summed E-state index contributed by atoms with van der Waals surface area (Å²) in [6.45, 7) is 1.10. The Morgan fingerprint density at radius 2 is 1.31 bits per heavy atom. The molecule has 2 heterocycles. The first kappa shape index (κ1) is 37.5. The number of rotatable bonds is 12. The number of nitrogens with zero attached hydrogens (tertiary/aromatic N) is 3. The fourth-order valence-electron chi connectivity index (χ4n) is 7.75. The van der Waals surface area contributed by atoms with Crippen molar-refractivity contribution in [2.24, 2.45) is 0 Å². The predicted octanol–water partition coefficient (Wildman–Crippen LogP) is 7.78. The second-order valence-corrected chi connectivity index (χ2v) is 16.1. The number of nitro groups is 1. The molecule has 1 unspecified atom stereocenters. The van der Waals surface area contributed by atoms with Crippen LogP contribution in [0.15, 0.2) is 149 Å². The summed E-state index contributed by atoms with van der Waals surface area (Å²) in [4.78, 5) is 13.2. The van der Waals surface area contributed by atoms with E-state index in [4.69, 9.17) is 14.2 Å². The van der Waals surface area contributed by atoms with Gasteiger partial charge in [-0.1, -0.05) is 107 Å². The quantitative estimate of drug-likeness (QED) is 0.0544. The number of para-hydroxylation sites is 1. The lowest BCUT2D eigenvalue weighted by Gasteiger charge is -2.57. The highest BCUT2D eigenvalue weighted by atomic mass is 79.9. The van der Waals surface area contributed by atoms with Crippen LogP contribution in [0.1, 0.15) is 28.2 Å². The summed E-state index contributed by atoms with van der Waals surface area (Å²) in [6, 6.07) is 39.1. The van der Waals surface area contributed by atoms with Gasteiger partial charge in [0.25, 0.3) is 5.69 Å². The molecular formula is C42H40BrN3O7S. The molecule has 0 amide bonds. The number of nitro benzene ring substituents is 1. The molecule has 10 nitrogen and oxygen atoms in total. The van der Waals surface area contributed by atoms with Crippen LogP contribution in [0.2, 0.25) is 0 Å². The summed E-state index contributed by atoms with van der Waals surface area (Å²) in [5.74, 6) is 1.31. The van der Waals surface area contributed by atoms with E-state index in [2.05, 4.69) is 45.1 Å². The van der Waals surface area contributed by atoms with Crippen molar-refractivity contribution in [2.45, 2.75) is 28.5 Å². The highest BCUT2D eigenvalue weighted by Gasteiger charge is 2.52. The number of methoxy groups -OCH3 is 2. The molecule has 54 heavy (non-hydrogen) atoms. The van der Waals surface area contributed by atoms with E-state index < -0.39 is 26.2 Å². The summed E-state index contributed by atoms with van der Waals surface area (Å²) in [5, 5.41) is 11.9. The third-order valence-corrected chi connectivity index (χ3v) is 12.9. The molecule has 5 aromatic carbocycles. The van der Waals surface area contributed by atoms with E-state index in [0.29, 0.717) is 6.54 Å². The van der Waals surface area contributed by atoms with Crippen molar-refractivity contribution in [1.29, 1.82) is 0 Å². The fourth-order valence-corrected chi connectivity index (χ4v) is 9.58. The molecule has 0 radical (unpaired) electrons. The smallest absolute Gasteiger partial charge is 0.289 e. The van der Waals surface area contributed by atoms with Crippen LogP contribution in [-0.4, -0.2) is 75.1 Å². The van der Waals surface area contributed by atoms with Crippen LogP contribution < -0.4 is 9.47 Å². The van der Waals surface area contributed by atoms with Crippen molar-refractivity contribution in [1.82, 2.24) is 9.21 Å². The van der Waals surface area contributed by atoms with Crippen LogP contribution in [0.5, 0.6) is 11.5 Å². The van der Waals surface area contributed by atoms with Gasteiger partial charge in [-0.2, -0.15) is 4.31 Å². The van der Waals surface area contributed by atoms with Gasteiger partial charge in [0.15, 0.2) is 4.90 Å². The van der Waals surface area contributed by atoms with Gasteiger partial charge in [-0.15, -0.1) is 0 Å². The van der Waals surface area contributed by atoms with Crippen molar-refractivity contribution in [3.63, 3.8) is 0 Å². The maximum absolute atomic E-state index is 14.2. The van der Waals surface area contributed by atoms with Crippen molar-refractivity contribution in [3.05, 3.63) is 176 Å². The number of ether oxygens (including phenoxy) is 3. The minimum absolute atomic E-state index is 0.0962. The van der Waals surface area contributed by atoms with E-state index >= 15 is 0 Å². The predicted molar refractivity (Wildman–Crippen MR) is 210 cm³/mol. The molecule has 0 aliphatic carbocycles. The summed E-state index contributed by atoms with van der Waals surface area (Å²) >= 11 is 3.57. The van der Waals surface area contributed by atoms with E-state index in [0.717, 1.165) is 38.2 Å². The molecule has 0 N–H and O–H groups in total. The number of sulfonamides is 1. The zero-order valence-electron chi connectivity index (χ0n) is 29.8. The number of fused-ring (bicyclic) bond motifs is 1. The van der Waals surface area contributed by atoms with Gasteiger partial charge in [0.1, 0.15) is 17.1 Å². The summed E-state index contributed by atoms with van der Waals surface area (Å²) in [7, 11) is -0.952. The molecule has 3 atom stereocenters. The van der Waals surface area contributed by atoms with Crippen LogP contribution in [-0.2, 0) is 20.4 Å². The molecule has 1 fully saturated rings. The van der Waals surface area contributed by atoms with Gasteiger partial charge in [-0.25, -0.2) is 8.42 Å². The van der Waals surface area contributed by atoms with Gasteiger partial charge in [-0.3, -0.25) is 15.0 Å². The zero-order chi connectivity index (χ0) is 37.9. The molecule has 0 saturated carbocycles. The third-order valence-electron chi connectivity index (χ3n) is 10.4. The van der Waals surface area contributed by atoms with Gasteiger partial charge in [-0.05, 0) is 64.7 Å².